The van der Waals surface area contributed by atoms with Crippen molar-refractivity contribution >= 4 is 51.7 Å². The van der Waals surface area contributed by atoms with Gasteiger partial charge in [0.05, 0.1) is 35.6 Å². The van der Waals surface area contributed by atoms with Gasteiger partial charge < -0.3 is 24.3 Å². The lowest BCUT2D eigenvalue weighted by atomic mass is 10.1. The lowest BCUT2D eigenvalue weighted by Gasteiger charge is -2.14. The molecule has 1 aliphatic rings. The molecule has 0 radical (unpaired) electrons. The van der Waals surface area contributed by atoms with Crippen LogP contribution >= 0.6 is 0 Å². The van der Waals surface area contributed by atoms with E-state index in [1.54, 1.807) is 33.6 Å². The van der Waals surface area contributed by atoms with Crippen LogP contribution in [0.1, 0.15) is 83.3 Å². The smallest absolute Gasteiger partial charge is 0.276 e. The number of para-hydroxylation sites is 1. The molecule has 5 heterocycles. The molecule has 0 saturated carbocycles. The van der Waals surface area contributed by atoms with Gasteiger partial charge in [-0.05, 0) is 76.9 Å². The number of aryl methyl sites for hydroxylation is 6. The maximum Gasteiger partial charge on any atom is 0.276 e. The number of ether oxygens (including phenoxy) is 2. The highest BCUT2D eigenvalue weighted by molar-refractivity contribution is 6.05. The van der Waals surface area contributed by atoms with E-state index in [4.69, 9.17) is 25.2 Å². The monoisotopic (exact) mass is 723 g/mol. The van der Waals surface area contributed by atoms with E-state index in [2.05, 4.69) is 20.8 Å². The number of benzene rings is 2. The molecule has 2 aromatic carbocycles. The molecule has 0 spiro atoms. The Hall–Kier alpha value is -6.19. The number of hydrogen-bond donors (Lipinski definition) is 3. The second kappa shape index (κ2) is 15.2. The molecule has 53 heavy (non-hydrogen) atoms. The van der Waals surface area contributed by atoms with Crippen LogP contribution in [-0.2, 0) is 26.2 Å². The molecule has 7 rings (SSSR count). The topological polar surface area (TPSA) is 191 Å². The van der Waals surface area contributed by atoms with Crippen LogP contribution in [0, 0.1) is 13.8 Å². The summed E-state index contributed by atoms with van der Waals surface area (Å²) >= 11 is 0. The van der Waals surface area contributed by atoms with Crippen molar-refractivity contribution in [3.63, 3.8) is 0 Å². The first-order valence-corrected chi connectivity index (χ1v) is 17.5. The third kappa shape index (κ3) is 7.16. The lowest BCUT2D eigenvalue weighted by molar-refractivity contribution is 0.0994. The summed E-state index contributed by atoms with van der Waals surface area (Å²) in [5.74, 6) is 0.461. The molecule has 278 valence electrons. The van der Waals surface area contributed by atoms with E-state index in [0.717, 1.165) is 16.9 Å². The number of nitrogens with two attached hydrogens (primary N) is 1. The number of rotatable bonds is 7. The first-order chi connectivity index (χ1) is 25.1. The number of carbonyl (C=O) groups excluding carboxylic acids is 3. The van der Waals surface area contributed by atoms with Crippen molar-refractivity contribution < 1.29 is 23.9 Å². The van der Waals surface area contributed by atoms with Gasteiger partial charge in [0.25, 0.3) is 11.8 Å². The van der Waals surface area contributed by atoms with E-state index in [1.807, 2.05) is 55.0 Å². The minimum Gasteiger partial charge on any atom is -0.491 e. The highest BCUT2D eigenvalue weighted by atomic mass is 16.5. The number of anilines is 2. The number of nitrogens with zero attached hydrogens (tertiary/aromatic N) is 8. The van der Waals surface area contributed by atoms with Gasteiger partial charge in [-0.25, -0.2) is 9.97 Å². The fourth-order valence-electron chi connectivity index (χ4n) is 6.61. The van der Waals surface area contributed by atoms with E-state index < -0.39 is 5.91 Å². The summed E-state index contributed by atoms with van der Waals surface area (Å²) in [4.78, 5) is 49.0. The van der Waals surface area contributed by atoms with Crippen molar-refractivity contribution in [2.45, 2.75) is 80.6 Å². The average molecular weight is 724 g/mol. The molecule has 0 unspecified atom stereocenters. The highest BCUT2D eigenvalue weighted by Gasteiger charge is 2.24. The van der Waals surface area contributed by atoms with Crippen molar-refractivity contribution in [2.75, 3.05) is 23.8 Å². The Morgan fingerprint density at radius 3 is 1.81 bits per heavy atom. The fourth-order valence-corrected chi connectivity index (χ4v) is 6.61. The van der Waals surface area contributed by atoms with Crippen LogP contribution in [-0.4, -0.2) is 69.6 Å². The minimum atomic E-state index is -0.621. The zero-order valence-electron chi connectivity index (χ0n) is 29.6. The zero-order valence-corrected chi connectivity index (χ0v) is 29.6. The molecule has 3 amide bonds. The fraction of sp³-hybridized carbons (Fsp3) is 0.378. The molecule has 6 aromatic rings. The Bertz CT molecular complexity index is 2330. The second-order valence-electron chi connectivity index (χ2n) is 12.6. The molecule has 0 fully saturated rings. The van der Waals surface area contributed by atoms with Crippen LogP contribution in [0.4, 0.5) is 11.9 Å². The SMILES string of the molecule is C.CCn1nc(C)cc1C(=O)Nc1nc2cccc3c2n1CCCCn1c(NC(=O)c2cc(C)nn2CC)nc2cc(C(N)=O)cc(c21)OCCCO3. The van der Waals surface area contributed by atoms with Gasteiger partial charge >= 0.3 is 0 Å². The Kier molecular flexibility index (Phi) is 10.5. The first kappa shape index (κ1) is 36.6. The number of aromatic nitrogens is 8. The van der Waals surface area contributed by atoms with Gasteiger partial charge in [0.1, 0.15) is 33.9 Å². The summed E-state index contributed by atoms with van der Waals surface area (Å²) in [6, 6.07) is 12.4. The molecular formula is C37H45N11O5. The Labute approximate surface area is 306 Å². The van der Waals surface area contributed by atoms with Gasteiger partial charge in [0.15, 0.2) is 0 Å². The third-order valence-electron chi connectivity index (χ3n) is 8.96. The maximum absolute atomic E-state index is 13.6. The van der Waals surface area contributed by atoms with E-state index in [9.17, 15) is 14.4 Å². The van der Waals surface area contributed by atoms with Gasteiger partial charge in [0.2, 0.25) is 17.8 Å². The predicted octanol–water partition coefficient (Wildman–Crippen LogP) is 5.32. The summed E-state index contributed by atoms with van der Waals surface area (Å²) in [6.07, 6.45) is 1.79. The lowest BCUT2D eigenvalue weighted by Crippen LogP contribution is -2.20. The summed E-state index contributed by atoms with van der Waals surface area (Å²) < 4.78 is 19.7. The molecule has 0 saturated heterocycles. The van der Waals surface area contributed by atoms with E-state index in [1.165, 1.54) is 0 Å². The molecule has 0 atom stereocenters. The first-order valence-electron chi connectivity index (χ1n) is 17.5. The molecule has 4 aromatic heterocycles. The third-order valence-corrected chi connectivity index (χ3v) is 8.96. The number of imidazole rings is 2. The molecule has 16 nitrogen and oxygen atoms in total. The van der Waals surface area contributed by atoms with Crippen molar-refractivity contribution in [1.82, 2.24) is 38.7 Å². The van der Waals surface area contributed by atoms with Crippen LogP contribution in [0.5, 0.6) is 11.5 Å². The Morgan fingerprint density at radius 1 is 0.736 bits per heavy atom. The van der Waals surface area contributed by atoms with Crippen molar-refractivity contribution in [3.05, 3.63) is 70.8 Å². The van der Waals surface area contributed by atoms with E-state index in [-0.39, 0.29) is 31.4 Å². The summed E-state index contributed by atoms with van der Waals surface area (Å²) in [5, 5.41) is 14.9. The molecule has 0 bridgehead atoms. The Balaban J connectivity index is 0.00000481. The molecule has 1 aliphatic heterocycles. The van der Waals surface area contributed by atoms with Crippen LogP contribution < -0.4 is 25.8 Å². The zero-order chi connectivity index (χ0) is 36.5. The minimum absolute atomic E-state index is 0. The second-order valence-corrected chi connectivity index (χ2v) is 12.6. The number of nitrogens with one attached hydrogen (secondary N) is 2. The van der Waals surface area contributed by atoms with Gasteiger partial charge in [-0.3, -0.25) is 34.4 Å². The van der Waals surface area contributed by atoms with Crippen LogP contribution in [0.15, 0.2) is 42.5 Å². The van der Waals surface area contributed by atoms with Crippen LogP contribution in [0.3, 0.4) is 0 Å². The average Bonchev–Trinajstić information content (AvgIpc) is 3.88. The standard InChI is InChI=1S/C36H41N11O5.CH4/c1-5-46-26(17-21(3)42-46)33(49)40-35-38-24-11-9-12-28-30(24)44(35)13-7-8-14-45-31-25(19-23(32(37)48)20-29(31)52-16-10-15-51-28)39-36(45)41-34(50)27-18-22(4)43-47(27)6-2;/h9,11-12,17-20H,5-8,10,13-16H2,1-4H3,(H2,37,48)(H,38,40,49)(H,39,41,50);1H4. The van der Waals surface area contributed by atoms with Crippen LogP contribution in [0.2, 0.25) is 0 Å². The van der Waals surface area contributed by atoms with Crippen molar-refractivity contribution in [3.8, 4) is 11.5 Å². The summed E-state index contributed by atoms with van der Waals surface area (Å²) in [5.41, 5.74) is 10.8. The number of amides is 3. The normalized spacial score (nSPS) is 13.4. The number of hydrogen-bond acceptors (Lipinski definition) is 9. The predicted molar refractivity (Wildman–Crippen MR) is 201 cm³/mol. The van der Waals surface area contributed by atoms with Crippen LogP contribution in [0.25, 0.3) is 22.1 Å². The van der Waals surface area contributed by atoms with Gasteiger partial charge in [-0.2, -0.15) is 10.2 Å². The maximum atomic E-state index is 13.6. The van der Waals surface area contributed by atoms with Crippen molar-refractivity contribution in [1.29, 1.82) is 0 Å². The van der Waals surface area contributed by atoms with E-state index in [0.29, 0.717) is 103 Å². The quantitative estimate of drug-likeness (QED) is 0.196. The molecule has 4 N–H and O–H groups in total. The summed E-state index contributed by atoms with van der Waals surface area (Å²) in [6.45, 7) is 10.1. The number of carbonyl (C=O) groups is 3. The molecule has 16 heteroatoms. The molecular weight excluding hydrogens is 678 g/mol. The van der Waals surface area contributed by atoms with E-state index >= 15 is 0 Å². The molecule has 0 aliphatic carbocycles. The van der Waals surface area contributed by atoms with Gasteiger partial charge in [-0.1, -0.05) is 13.5 Å². The highest BCUT2D eigenvalue weighted by Crippen LogP contribution is 2.33. The van der Waals surface area contributed by atoms with Crippen molar-refractivity contribution in [2.24, 2.45) is 5.73 Å². The van der Waals surface area contributed by atoms with Gasteiger partial charge in [-0.15, -0.1) is 0 Å². The Morgan fingerprint density at radius 2 is 1.26 bits per heavy atom. The van der Waals surface area contributed by atoms with Gasteiger partial charge in [0, 0.05) is 38.2 Å². The largest absolute Gasteiger partial charge is 0.491 e. The summed E-state index contributed by atoms with van der Waals surface area (Å²) in [7, 11) is 0. The number of primary amides is 1.